The van der Waals surface area contributed by atoms with Crippen molar-refractivity contribution in [3.63, 3.8) is 0 Å². The van der Waals surface area contributed by atoms with Crippen LogP contribution in [-0.4, -0.2) is 41.3 Å². The number of fused-ring (bicyclic) bond motifs is 1. The van der Waals surface area contributed by atoms with Gasteiger partial charge in [-0.2, -0.15) is 0 Å². The Kier molecular flexibility index (Phi) is 5.90. The van der Waals surface area contributed by atoms with E-state index >= 15 is 0 Å². The number of non-ortho nitro benzene ring substituents is 1. The summed E-state index contributed by atoms with van der Waals surface area (Å²) < 4.78 is 5.67. The van der Waals surface area contributed by atoms with Crippen LogP contribution in [0.1, 0.15) is 33.8 Å². The van der Waals surface area contributed by atoms with Crippen molar-refractivity contribution in [1.29, 1.82) is 0 Å². The number of nitro benzene ring substituents is 1. The zero-order valence-electron chi connectivity index (χ0n) is 16.5. The molecule has 8 nitrogen and oxygen atoms in total. The Hall–Kier alpha value is -3.39. The molecule has 4 rings (SSSR count). The maximum Gasteiger partial charge on any atom is 0.289 e. The summed E-state index contributed by atoms with van der Waals surface area (Å²) in [5.74, 6) is 0.0540. The van der Waals surface area contributed by atoms with E-state index in [1.54, 1.807) is 11.0 Å². The van der Waals surface area contributed by atoms with Crippen LogP contribution in [0.25, 0.3) is 11.0 Å². The highest BCUT2D eigenvalue weighted by Crippen LogP contribution is 2.24. The summed E-state index contributed by atoms with van der Waals surface area (Å²) in [4.78, 5) is 37.1. The van der Waals surface area contributed by atoms with Crippen molar-refractivity contribution >= 4 is 40.1 Å². The zero-order valence-corrected chi connectivity index (χ0v) is 17.3. The van der Waals surface area contributed by atoms with Crippen LogP contribution in [0.2, 0.25) is 5.02 Å². The van der Waals surface area contributed by atoms with E-state index in [9.17, 15) is 19.7 Å². The van der Waals surface area contributed by atoms with Crippen molar-refractivity contribution in [2.45, 2.75) is 12.8 Å². The molecule has 0 aliphatic carbocycles. The van der Waals surface area contributed by atoms with Gasteiger partial charge in [0.1, 0.15) is 5.58 Å². The predicted molar refractivity (Wildman–Crippen MR) is 115 cm³/mol. The Bertz CT molecular complexity index is 1120. The fourth-order valence-electron chi connectivity index (χ4n) is 3.72. The molecule has 1 N–H and O–H groups in total. The summed E-state index contributed by atoms with van der Waals surface area (Å²) >= 11 is 6.01. The van der Waals surface area contributed by atoms with Gasteiger partial charge in [0.25, 0.3) is 17.5 Å². The van der Waals surface area contributed by atoms with Crippen LogP contribution in [0.5, 0.6) is 0 Å². The molecule has 2 amide bonds. The number of likely N-dealkylation sites (tertiary alicyclic amines) is 1. The first kappa shape index (κ1) is 20.9. The Balaban J connectivity index is 1.29. The molecule has 1 saturated heterocycles. The number of para-hydroxylation sites is 1. The quantitative estimate of drug-likeness (QED) is 0.470. The molecule has 2 aromatic carbocycles. The van der Waals surface area contributed by atoms with Gasteiger partial charge in [0.2, 0.25) is 0 Å². The lowest BCUT2D eigenvalue weighted by Gasteiger charge is -2.31. The van der Waals surface area contributed by atoms with Crippen molar-refractivity contribution in [3.05, 3.63) is 75.0 Å². The molecule has 1 fully saturated rings. The van der Waals surface area contributed by atoms with Gasteiger partial charge in [-0.1, -0.05) is 29.8 Å². The molecule has 3 aromatic rings. The minimum absolute atomic E-state index is 0.0398. The number of nitro groups is 1. The Labute approximate surface area is 182 Å². The number of piperidine rings is 1. The number of furan rings is 1. The monoisotopic (exact) mass is 441 g/mol. The van der Waals surface area contributed by atoms with E-state index in [0.29, 0.717) is 31.0 Å². The van der Waals surface area contributed by atoms with Crippen LogP contribution in [0, 0.1) is 16.0 Å². The molecule has 0 spiro atoms. The summed E-state index contributed by atoms with van der Waals surface area (Å²) in [6.07, 6.45) is 1.50. The van der Waals surface area contributed by atoms with Gasteiger partial charge in [0.05, 0.1) is 15.5 Å². The summed E-state index contributed by atoms with van der Waals surface area (Å²) in [6.45, 7) is 1.60. The largest absolute Gasteiger partial charge is 0.451 e. The Morgan fingerprint density at radius 1 is 1.16 bits per heavy atom. The minimum atomic E-state index is -0.562. The Morgan fingerprint density at radius 2 is 1.90 bits per heavy atom. The summed E-state index contributed by atoms with van der Waals surface area (Å²) in [7, 11) is 0. The molecule has 2 heterocycles. The van der Waals surface area contributed by atoms with E-state index < -0.39 is 4.92 Å². The first-order valence-corrected chi connectivity index (χ1v) is 10.3. The number of nitrogens with zero attached hydrogens (tertiary/aromatic N) is 2. The fourth-order valence-corrected chi connectivity index (χ4v) is 3.98. The number of hydrogen-bond donors (Lipinski definition) is 1. The van der Waals surface area contributed by atoms with Gasteiger partial charge in [0.15, 0.2) is 5.76 Å². The second-order valence-electron chi connectivity index (χ2n) is 7.52. The van der Waals surface area contributed by atoms with E-state index in [0.717, 1.165) is 18.2 Å². The smallest absolute Gasteiger partial charge is 0.289 e. The maximum absolute atomic E-state index is 12.7. The summed E-state index contributed by atoms with van der Waals surface area (Å²) in [6, 6.07) is 13.0. The number of hydrogen-bond acceptors (Lipinski definition) is 5. The van der Waals surface area contributed by atoms with E-state index in [4.69, 9.17) is 16.0 Å². The number of amides is 2. The molecule has 0 radical (unpaired) electrons. The average Bonchev–Trinajstić information content (AvgIpc) is 3.21. The van der Waals surface area contributed by atoms with Crippen molar-refractivity contribution < 1.29 is 18.9 Å². The third-order valence-corrected chi connectivity index (χ3v) is 5.81. The Morgan fingerprint density at radius 3 is 2.58 bits per heavy atom. The molecule has 1 aromatic heterocycles. The second kappa shape index (κ2) is 8.77. The van der Waals surface area contributed by atoms with Gasteiger partial charge in [-0.15, -0.1) is 0 Å². The van der Waals surface area contributed by atoms with Crippen molar-refractivity contribution in [2.75, 3.05) is 19.6 Å². The van der Waals surface area contributed by atoms with Gasteiger partial charge in [-0.3, -0.25) is 19.7 Å². The predicted octanol–water partition coefficient (Wildman–Crippen LogP) is 4.28. The fraction of sp³-hybridized carbons (Fsp3) is 0.273. The third-order valence-electron chi connectivity index (χ3n) is 5.50. The average molecular weight is 442 g/mol. The lowest BCUT2D eigenvalue weighted by molar-refractivity contribution is -0.384. The van der Waals surface area contributed by atoms with Crippen molar-refractivity contribution in [2.24, 2.45) is 5.92 Å². The lowest BCUT2D eigenvalue weighted by atomic mass is 9.96. The van der Waals surface area contributed by atoms with Gasteiger partial charge >= 0.3 is 0 Å². The van der Waals surface area contributed by atoms with Gasteiger partial charge < -0.3 is 14.6 Å². The van der Waals surface area contributed by atoms with Crippen LogP contribution in [0.4, 0.5) is 5.69 Å². The highest BCUT2D eigenvalue weighted by Gasteiger charge is 2.26. The van der Waals surface area contributed by atoms with Gasteiger partial charge in [-0.05, 0) is 37.0 Å². The van der Waals surface area contributed by atoms with Gasteiger partial charge in [0, 0.05) is 37.2 Å². The number of halogens is 1. The van der Waals surface area contributed by atoms with Crippen LogP contribution >= 0.6 is 11.6 Å². The number of nitrogens with one attached hydrogen (secondary N) is 1. The highest BCUT2D eigenvalue weighted by molar-refractivity contribution is 6.34. The van der Waals surface area contributed by atoms with Crippen molar-refractivity contribution in [1.82, 2.24) is 10.2 Å². The maximum atomic E-state index is 12.7. The molecule has 160 valence electrons. The molecule has 1 aliphatic heterocycles. The molecule has 0 atom stereocenters. The molecule has 0 saturated carbocycles. The zero-order chi connectivity index (χ0) is 22.0. The highest BCUT2D eigenvalue weighted by atomic mass is 35.5. The third kappa shape index (κ3) is 4.54. The molecule has 1 aliphatic rings. The first-order valence-electron chi connectivity index (χ1n) is 9.92. The summed E-state index contributed by atoms with van der Waals surface area (Å²) in [5, 5.41) is 14.6. The molecule has 9 heteroatoms. The topological polar surface area (TPSA) is 106 Å². The SMILES string of the molecule is O=C(NCC1CCN(C(=O)c2cc3ccccc3o2)CC1)c1ccc([N+](=O)[O-])cc1Cl. The number of rotatable bonds is 5. The van der Waals surface area contributed by atoms with E-state index in [1.165, 1.54) is 18.2 Å². The summed E-state index contributed by atoms with van der Waals surface area (Å²) in [5.41, 5.74) is 0.723. The molecular weight excluding hydrogens is 422 g/mol. The normalized spacial score (nSPS) is 14.5. The molecule has 0 bridgehead atoms. The van der Waals surface area contributed by atoms with Crippen molar-refractivity contribution in [3.8, 4) is 0 Å². The number of carbonyl (C=O) groups is 2. The first-order chi connectivity index (χ1) is 14.9. The van der Waals surface area contributed by atoms with E-state index in [1.807, 2.05) is 24.3 Å². The van der Waals surface area contributed by atoms with Crippen LogP contribution in [0.15, 0.2) is 52.9 Å². The van der Waals surface area contributed by atoms with E-state index in [-0.39, 0.29) is 34.0 Å². The molecular formula is C22H20ClN3O5. The lowest BCUT2D eigenvalue weighted by Crippen LogP contribution is -2.41. The van der Waals surface area contributed by atoms with Crippen LogP contribution in [0.3, 0.4) is 0 Å². The van der Waals surface area contributed by atoms with Gasteiger partial charge in [-0.25, -0.2) is 0 Å². The standard InChI is InChI=1S/C22H20ClN3O5/c23-18-12-16(26(29)30)5-6-17(18)21(27)24-13-14-7-9-25(10-8-14)22(28)20-11-15-3-1-2-4-19(15)31-20/h1-6,11-12,14H,7-10,13H2,(H,24,27). The molecule has 0 unspecified atom stereocenters. The molecule has 31 heavy (non-hydrogen) atoms. The van der Waals surface area contributed by atoms with E-state index in [2.05, 4.69) is 5.32 Å². The van der Waals surface area contributed by atoms with Crippen LogP contribution < -0.4 is 5.32 Å². The number of carbonyl (C=O) groups excluding carboxylic acids is 2. The second-order valence-corrected chi connectivity index (χ2v) is 7.92. The van der Waals surface area contributed by atoms with Crippen LogP contribution in [-0.2, 0) is 0 Å². The minimum Gasteiger partial charge on any atom is -0.451 e. The number of benzene rings is 2.